The molecule has 1 N–H and O–H groups in total. The Hall–Kier alpha value is -1.59. The number of hydrogen-bond donors (Lipinski definition) is 1. The second-order valence-electron chi connectivity index (χ2n) is 5.53. The second kappa shape index (κ2) is 6.91. The summed E-state index contributed by atoms with van der Waals surface area (Å²) in [5.41, 5.74) is 1.99. The molecule has 1 saturated heterocycles. The quantitative estimate of drug-likeness (QED) is 0.905. The van der Waals surface area contributed by atoms with Crippen LogP contribution in [-0.4, -0.2) is 54.9 Å². The number of hydrogen-bond acceptors (Lipinski definition) is 4. The van der Waals surface area contributed by atoms with E-state index >= 15 is 0 Å². The minimum Gasteiger partial charge on any atom is -0.496 e. The van der Waals surface area contributed by atoms with E-state index in [1.807, 2.05) is 32.0 Å². The molecule has 1 fully saturated rings. The predicted octanol–water partition coefficient (Wildman–Crippen LogP) is 1.15. The lowest BCUT2D eigenvalue weighted by Crippen LogP contribution is -2.52. The zero-order valence-electron chi connectivity index (χ0n) is 12.8. The molecule has 1 aliphatic rings. The number of ether oxygens (including phenoxy) is 2. The number of carbonyl (C=O) groups excluding carboxylic acids is 1. The van der Waals surface area contributed by atoms with Crippen molar-refractivity contribution in [3.05, 3.63) is 29.3 Å². The first kappa shape index (κ1) is 15.8. The average molecular weight is 293 g/mol. The minimum atomic E-state index is -0.287. The SMILES string of the molecule is COc1ccc(C)cc1CC(=O)N1CC(CO)OCC1C. The molecule has 116 valence electrons. The summed E-state index contributed by atoms with van der Waals surface area (Å²) in [6, 6.07) is 5.85. The van der Waals surface area contributed by atoms with Crippen molar-refractivity contribution in [3.63, 3.8) is 0 Å². The van der Waals surface area contributed by atoms with Crippen LogP contribution in [0.1, 0.15) is 18.1 Å². The molecule has 0 saturated carbocycles. The third kappa shape index (κ3) is 3.74. The van der Waals surface area contributed by atoms with Crippen LogP contribution in [-0.2, 0) is 16.0 Å². The van der Waals surface area contributed by atoms with E-state index in [2.05, 4.69) is 0 Å². The molecule has 1 heterocycles. The fourth-order valence-electron chi connectivity index (χ4n) is 2.59. The lowest BCUT2D eigenvalue weighted by molar-refractivity contribution is -0.145. The molecule has 0 spiro atoms. The molecule has 0 aliphatic carbocycles. The molecule has 1 aromatic carbocycles. The summed E-state index contributed by atoms with van der Waals surface area (Å²) < 4.78 is 10.8. The Bertz CT molecular complexity index is 503. The molecular weight excluding hydrogens is 270 g/mol. The van der Waals surface area contributed by atoms with Crippen LogP contribution in [0.5, 0.6) is 5.75 Å². The maximum absolute atomic E-state index is 12.6. The van der Waals surface area contributed by atoms with Gasteiger partial charge in [-0.25, -0.2) is 0 Å². The van der Waals surface area contributed by atoms with E-state index in [0.717, 1.165) is 16.9 Å². The number of aliphatic hydroxyl groups excluding tert-OH is 1. The summed E-state index contributed by atoms with van der Waals surface area (Å²) in [7, 11) is 1.61. The van der Waals surface area contributed by atoms with Crippen LogP contribution in [0.2, 0.25) is 0 Å². The highest BCUT2D eigenvalue weighted by atomic mass is 16.5. The van der Waals surface area contributed by atoms with E-state index in [0.29, 0.717) is 19.6 Å². The van der Waals surface area contributed by atoms with Crippen molar-refractivity contribution in [2.24, 2.45) is 0 Å². The van der Waals surface area contributed by atoms with Crippen LogP contribution in [0.15, 0.2) is 18.2 Å². The van der Waals surface area contributed by atoms with E-state index in [-0.39, 0.29) is 24.7 Å². The molecule has 5 nitrogen and oxygen atoms in total. The first-order valence-electron chi connectivity index (χ1n) is 7.20. The summed E-state index contributed by atoms with van der Waals surface area (Å²) in [5.74, 6) is 0.765. The monoisotopic (exact) mass is 293 g/mol. The molecule has 1 aliphatic heterocycles. The molecule has 2 atom stereocenters. The third-order valence-corrected chi connectivity index (χ3v) is 3.81. The van der Waals surface area contributed by atoms with Crippen LogP contribution < -0.4 is 4.74 Å². The van der Waals surface area contributed by atoms with Gasteiger partial charge in [0.15, 0.2) is 0 Å². The Morgan fingerprint density at radius 2 is 2.29 bits per heavy atom. The van der Waals surface area contributed by atoms with Crippen LogP contribution in [0, 0.1) is 6.92 Å². The number of amides is 1. The summed E-state index contributed by atoms with van der Waals surface area (Å²) in [6.07, 6.45) is 0.0115. The maximum Gasteiger partial charge on any atom is 0.227 e. The van der Waals surface area contributed by atoms with Crippen molar-refractivity contribution in [1.29, 1.82) is 0 Å². The standard InChI is InChI=1S/C16H23NO4/c1-11-4-5-15(20-3)13(6-11)7-16(19)17-8-14(9-18)21-10-12(17)2/h4-6,12,14,18H,7-10H2,1-3H3. The van der Waals surface area contributed by atoms with E-state index in [9.17, 15) is 9.90 Å². The van der Waals surface area contributed by atoms with Gasteiger partial charge in [-0.3, -0.25) is 4.79 Å². The Morgan fingerprint density at radius 3 is 2.95 bits per heavy atom. The predicted molar refractivity (Wildman–Crippen MR) is 79.4 cm³/mol. The van der Waals surface area contributed by atoms with Gasteiger partial charge in [-0.15, -0.1) is 0 Å². The van der Waals surface area contributed by atoms with Crippen LogP contribution >= 0.6 is 0 Å². The second-order valence-corrected chi connectivity index (χ2v) is 5.53. The topological polar surface area (TPSA) is 59.0 Å². The van der Waals surface area contributed by atoms with E-state index in [1.165, 1.54) is 0 Å². The van der Waals surface area contributed by atoms with Gasteiger partial charge in [-0.2, -0.15) is 0 Å². The molecule has 21 heavy (non-hydrogen) atoms. The van der Waals surface area contributed by atoms with Gasteiger partial charge in [-0.1, -0.05) is 17.7 Å². The fraction of sp³-hybridized carbons (Fsp3) is 0.562. The van der Waals surface area contributed by atoms with Crippen molar-refractivity contribution in [1.82, 2.24) is 4.90 Å². The molecule has 0 bridgehead atoms. The third-order valence-electron chi connectivity index (χ3n) is 3.81. The van der Waals surface area contributed by atoms with Gasteiger partial charge in [0.1, 0.15) is 5.75 Å². The molecule has 2 rings (SSSR count). The number of nitrogens with zero attached hydrogens (tertiary/aromatic N) is 1. The Morgan fingerprint density at radius 1 is 1.52 bits per heavy atom. The molecule has 1 aromatic rings. The smallest absolute Gasteiger partial charge is 0.227 e. The molecule has 1 amide bonds. The Labute approximate surface area is 125 Å². The lowest BCUT2D eigenvalue weighted by atomic mass is 10.1. The highest BCUT2D eigenvalue weighted by Crippen LogP contribution is 2.22. The van der Waals surface area contributed by atoms with Crippen LogP contribution in [0.25, 0.3) is 0 Å². The fourth-order valence-corrected chi connectivity index (χ4v) is 2.59. The van der Waals surface area contributed by atoms with Gasteiger partial charge < -0.3 is 19.5 Å². The van der Waals surface area contributed by atoms with Gasteiger partial charge in [0.05, 0.1) is 38.9 Å². The zero-order valence-corrected chi connectivity index (χ0v) is 12.8. The number of rotatable bonds is 4. The van der Waals surface area contributed by atoms with Crippen molar-refractivity contribution in [2.45, 2.75) is 32.4 Å². The van der Waals surface area contributed by atoms with Crippen molar-refractivity contribution >= 4 is 5.91 Å². The van der Waals surface area contributed by atoms with Gasteiger partial charge >= 0.3 is 0 Å². The van der Waals surface area contributed by atoms with Gasteiger partial charge in [-0.05, 0) is 19.9 Å². The molecule has 2 unspecified atom stereocenters. The van der Waals surface area contributed by atoms with Gasteiger partial charge in [0.25, 0.3) is 0 Å². The first-order chi connectivity index (χ1) is 10.0. The number of methoxy groups -OCH3 is 1. The minimum absolute atomic E-state index is 0.0242. The van der Waals surface area contributed by atoms with Gasteiger partial charge in [0.2, 0.25) is 5.91 Å². The average Bonchev–Trinajstić information content (AvgIpc) is 2.48. The van der Waals surface area contributed by atoms with Crippen molar-refractivity contribution < 1.29 is 19.4 Å². The van der Waals surface area contributed by atoms with Crippen molar-refractivity contribution in [2.75, 3.05) is 26.9 Å². The molecule has 0 radical (unpaired) electrons. The molecular formula is C16H23NO4. The van der Waals surface area contributed by atoms with Crippen molar-refractivity contribution in [3.8, 4) is 5.75 Å². The van der Waals surface area contributed by atoms with E-state index in [4.69, 9.17) is 9.47 Å². The lowest BCUT2D eigenvalue weighted by Gasteiger charge is -2.37. The Kier molecular flexibility index (Phi) is 5.20. The normalized spacial score (nSPS) is 22.2. The van der Waals surface area contributed by atoms with Crippen LogP contribution in [0.3, 0.4) is 0 Å². The van der Waals surface area contributed by atoms with Crippen LogP contribution in [0.4, 0.5) is 0 Å². The van der Waals surface area contributed by atoms with E-state index < -0.39 is 0 Å². The number of carbonyl (C=O) groups is 1. The first-order valence-corrected chi connectivity index (χ1v) is 7.20. The summed E-state index contributed by atoms with van der Waals surface area (Å²) >= 11 is 0. The summed E-state index contributed by atoms with van der Waals surface area (Å²) in [5, 5.41) is 9.20. The van der Waals surface area contributed by atoms with E-state index in [1.54, 1.807) is 12.0 Å². The molecule has 0 aromatic heterocycles. The summed E-state index contributed by atoms with van der Waals surface area (Å²) in [6.45, 7) is 4.78. The Balaban J connectivity index is 2.11. The number of aliphatic hydroxyl groups is 1. The maximum atomic E-state index is 12.6. The highest BCUT2D eigenvalue weighted by Gasteiger charge is 2.29. The largest absolute Gasteiger partial charge is 0.496 e. The van der Waals surface area contributed by atoms with Gasteiger partial charge in [0, 0.05) is 12.1 Å². The highest BCUT2D eigenvalue weighted by molar-refractivity contribution is 5.80. The number of benzene rings is 1. The number of morpholine rings is 1. The number of aryl methyl sites for hydroxylation is 1. The zero-order chi connectivity index (χ0) is 15.4. The molecule has 5 heteroatoms. The summed E-state index contributed by atoms with van der Waals surface area (Å²) in [4.78, 5) is 14.3.